The van der Waals surface area contributed by atoms with Crippen molar-refractivity contribution < 1.29 is 19.1 Å². The van der Waals surface area contributed by atoms with E-state index >= 15 is 0 Å². The summed E-state index contributed by atoms with van der Waals surface area (Å²) in [5.74, 6) is -0.498. The summed E-state index contributed by atoms with van der Waals surface area (Å²) in [7, 11) is 1.58. The Balaban J connectivity index is 1.06. The third kappa shape index (κ3) is 8.70. The Hall–Kier alpha value is -5.45. The molecule has 5 aromatic rings. The number of ether oxygens (including phenoxy) is 1. The van der Waals surface area contributed by atoms with E-state index in [0.717, 1.165) is 35.4 Å². The zero-order chi connectivity index (χ0) is 36.6. The average Bonchev–Trinajstić information content (AvgIpc) is 3.16. The van der Waals surface area contributed by atoms with Crippen LogP contribution < -0.4 is 25.2 Å². The molecular formula is C40H38Cl2N6O4. The van der Waals surface area contributed by atoms with E-state index in [1.807, 2.05) is 19.1 Å². The molecule has 12 heteroatoms. The Bertz CT molecular complexity index is 2120. The number of hydrogen-bond donors (Lipinski definition) is 2. The molecule has 1 aliphatic heterocycles. The first-order valence-corrected chi connectivity index (χ1v) is 17.7. The topological polar surface area (TPSA) is 117 Å². The van der Waals surface area contributed by atoms with Crippen molar-refractivity contribution in [2.45, 2.75) is 32.8 Å². The lowest BCUT2D eigenvalue weighted by Gasteiger charge is -2.30. The molecular weight excluding hydrogens is 699 g/mol. The van der Waals surface area contributed by atoms with Crippen molar-refractivity contribution in [2.24, 2.45) is 0 Å². The number of nitrogens with zero attached hydrogens (tertiary/aromatic N) is 4. The first-order valence-electron chi connectivity index (χ1n) is 17.0. The summed E-state index contributed by atoms with van der Waals surface area (Å²) in [6.45, 7) is 3.80. The largest absolute Gasteiger partial charge is 0.487 e. The van der Waals surface area contributed by atoms with Crippen LogP contribution in [-0.4, -0.2) is 54.4 Å². The molecule has 266 valence electrons. The number of piperidine rings is 1. The lowest BCUT2D eigenvalue weighted by molar-refractivity contribution is -0.122. The Kier molecular flexibility index (Phi) is 11.7. The number of benzene rings is 3. The van der Waals surface area contributed by atoms with Crippen molar-refractivity contribution in [3.05, 3.63) is 124 Å². The van der Waals surface area contributed by atoms with Crippen LogP contribution in [0.4, 0.5) is 17.1 Å². The van der Waals surface area contributed by atoms with Gasteiger partial charge in [-0.1, -0.05) is 47.5 Å². The minimum Gasteiger partial charge on any atom is -0.487 e. The van der Waals surface area contributed by atoms with Crippen LogP contribution in [0.3, 0.4) is 0 Å². The molecule has 0 aliphatic carbocycles. The number of carbonyl (C=O) groups excluding carboxylic acids is 3. The second kappa shape index (κ2) is 16.7. The van der Waals surface area contributed by atoms with Crippen molar-refractivity contribution in [1.29, 1.82) is 0 Å². The smallest absolute Gasteiger partial charge is 0.255 e. The summed E-state index contributed by atoms with van der Waals surface area (Å²) in [5.41, 5.74) is 5.59. The van der Waals surface area contributed by atoms with Gasteiger partial charge < -0.3 is 25.2 Å². The monoisotopic (exact) mass is 736 g/mol. The Morgan fingerprint density at radius 1 is 0.962 bits per heavy atom. The summed E-state index contributed by atoms with van der Waals surface area (Å²) in [6, 6.07) is 21.5. The molecule has 3 aromatic carbocycles. The van der Waals surface area contributed by atoms with E-state index in [1.54, 1.807) is 74.0 Å². The van der Waals surface area contributed by atoms with E-state index in [9.17, 15) is 14.4 Å². The van der Waals surface area contributed by atoms with Crippen LogP contribution in [0.25, 0.3) is 17.0 Å². The number of likely N-dealkylation sites (N-methyl/N-ethyl adjacent to an activating group) is 1. The molecule has 1 fully saturated rings. The van der Waals surface area contributed by atoms with Gasteiger partial charge >= 0.3 is 0 Å². The van der Waals surface area contributed by atoms with Crippen LogP contribution in [0.15, 0.2) is 91.3 Å². The lowest BCUT2D eigenvalue weighted by atomic mass is 10.1. The van der Waals surface area contributed by atoms with Gasteiger partial charge in [0.25, 0.3) is 5.91 Å². The van der Waals surface area contributed by atoms with Gasteiger partial charge in [0.05, 0.1) is 17.3 Å². The predicted octanol–water partition coefficient (Wildman–Crippen LogP) is 7.86. The number of hydrogen-bond acceptors (Lipinski definition) is 7. The number of rotatable bonds is 11. The number of aromatic nitrogens is 2. The highest BCUT2D eigenvalue weighted by atomic mass is 35.5. The molecule has 1 saturated heterocycles. The third-order valence-corrected chi connectivity index (χ3v) is 9.61. The van der Waals surface area contributed by atoms with E-state index in [-0.39, 0.29) is 30.0 Å². The molecule has 0 spiro atoms. The number of carbonyl (C=O) groups is 3. The van der Waals surface area contributed by atoms with Gasteiger partial charge in [-0.15, -0.1) is 0 Å². The SMILES string of the molecule is Cc1cc(N2CCCCC2)c2cccc(OCc3c(Cl)ccc(N(C)C(=O)CNC(=O)/C=C/c4ccc(C(=O)Nc5ccncc5)cc4)c3Cl)c2n1. The number of fused-ring (bicyclic) bond motifs is 1. The fraction of sp³-hybridized carbons (Fsp3) is 0.225. The number of halogens is 2. The summed E-state index contributed by atoms with van der Waals surface area (Å²) in [4.78, 5) is 50.7. The van der Waals surface area contributed by atoms with Crippen LogP contribution in [0.5, 0.6) is 5.75 Å². The van der Waals surface area contributed by atoms with Crippen LogP contribution in [-0.2, 0) is 16.2 Å². The summed E-state index contributed by atoms with van der Waals surface area (Å²) in [5, 5.41) is 7.10. The Morgan fingerprint density at radius 2 is 1.71 bits per heavy atom. The number of pyridine rings is 2. The Morgan fingerprint density at radius 3 is 2.46 bits per heavy atom. The molecule has 0 atom stereocenters. The van der Waals surface area contributed by atoms with Crippen LogP contribution in [0.2, 0.25) is 10.0 Å². The van der Waals surface area contributed by atoms with E-state index in [2.05, 4.69) is 32.7 Å². The first kappa shape index (κ1) is 36.3. The third-order valence-electron chi connectivity index (χ3n) is 8.83. The van der Waals surface area contributed by atoms with Crippen molar-refractivity contribution in [1.82, 2.24) is 15.3 Å². The fourth-order valence-corrected chi connectivity index (χ4v) is 6.61. The van der Waals surface area contributed by atoms with Crippen molar-refractivity contribution >= 4 is 75.0 Å². The van der Waals surface area contributed by atoms with Gasteiger partial charge in [-0.2, -0.15) is 0 Å². The van der Waals surface area contributed by atoms with E-state index in [4.69, 9.17) is 32.9 Å². The van der Waals surface area contributed by atoms with E-state index in [1.165, 1.54) is 30.2 Å². The maximum Gasteiger partial charge on any atom is 0.255 e. The van der Waals surface area contributed by atoms with Gasteiger partial charge in [-0.25, -0.2) is 4.98 Å². The van der Waals surface area contributed by atoms with Gasteiger partial charge in [0.1, 0.15) is 17.9 Å². The maximum absolute atomic E-state index is 13.1. The summed E-state index contributed by atoms with van der Waals surface area (Å²) >= 11 is 13.4. The summed E-state index contributed by atoms with van der Waals surface area (Å²) in [6.07, 6.45) is 9.68. The van der Waals surface area contributed by atoms with Gasteiger partial charge in [0.2, 0.25) is 11.8 Å². The summed E-state index contributed by atoms with van der Waals surface area (Å²) < 4.78 is 6.30. The van der Waals surface area contributed by atoms with E-state index in [0.29, 0.717) is 38.8 Å². The Labute approximate surface area is 312 Å². The van der Waals surface area contributed by atoms with Crippen LogP contribution in [0, 0.1) is 6.92 Å². The lowest BCUT2D eigenvalue weighted by Crippen LogP contribution is -2.37. The molecule has 0 radical (unpaired) electrons. The fourth-order valence-electron chi connectivity index (χ4n) is 6.00. The molecule has 1 aliphatic rings. The maximum atomic E-state index is 13.1. The van der Waals surface area contributed by atoms with Crippen molar-refractivity contribution in [3.8, 4) is 5.75 Å². The zero-order valence-electron chi connectivity index (χ0n) is 28.9. The molecule has 3 heterocycles. The quantitative estimate of drug-likeness (QED) is 0.133. The highest BCUT2D eigenvalue weighted by Gasteiger charge is 2.21. The molecule has 2 N–H and O–H groups in total. The van der Waals surface area contributed by atoms with Crippen LogP contribution in [0.1, 0.15) is 46.4 Å². The highest BCUT2D eigenvalue weighted by Crippen LogP contribution is 2.37. The van der Waals surface area contributed by atoms with Gasteiger partial charge in [0.15, 0.2) is 0 Å². The zero-order valence-corrected chi connectivity index (χ0v) is 30.4. The second-order valence-electron chi connectivity index (χ2n) is 12.4. The molecule has 6 rings (SSSR count). The average molecular weight is 738 g/mol. The van der Waals surface area contributed by atoms with Gasteiger partial charge in [-0.3, -0.25) is 19.4 Å². The second-order valence-corrected chi connectivity index (χ2v) is 13.2. The minimum atomic E-state index is -0.458. The minimum absolute atomic E-state index is 0.0548. The molecule has 52 heavy (non-hydrogen) atoms. The predicted molar refractivity (Wildman–Crippen MR) is 207 cm³/mol. The standard InChI is InChI=1S/C40H38Cl2N6O4/c1-26-23-34(48-21-4-3-5-22-48)30-7-6-8-35(39(30)45-26)52-25-31-32(41)14-15-33(38(31)42)47(2)37(50)24-44-36(49)16-11-27-9-12-28(13-10-27)40(51)46-29-17-19-43-20-18-29/h6-20,23H,3-5,21-22,24-25H2,1-2H3,(H,44,49)(H,43,46,51)/b16-11+. The molecule has 2 aromatic heterocycles. The number of anilines is 3. The molecule has 0 unspecified atom stereocenters. The number of aryl methyl sites for hydroxylation is 1. The number of nitrogens with one attached hydrogen (secondary N) is 2. The first-order chi connectivity index (χ1) is 25.2. The van der Waals surface area contributed by atoms with Gasteiger partial charge in [-0.05, 0) is 86.4 Å². The molecule has 10 nitrogen and oxygen atoms in total. The normalized spacial score (nSPS) is 12.9. The molecule has 3 amide bonds. The van der Waals surface area contributed by atoms with Gasteiger partial charge in [0, 0.05) is 77.2 Å². The van der Waals surface area contributed by atoms with Crippen LogP contribution >= 0.6 is 23.2 Å². The van der Waals surface area contributed by atoms with E-state index < -0.39 is 5.91 Å². The molecule has 0 bridgehead atoms. The van der Waals surface area contributed by atoms with Crippen molar-refractivity contribution in [3.63, 3.8) is 0 Å². The number of para-hydroxylation sites is 1. The highest BCUT2D eigenvalue weighted by molar-refractivity contribution is 6.38. The molecule has 0 saturated carbocycles. The van der Waals surface area contributed by atoms with Crippen molar-refractivity contribution in [2.75, 3.05) is 41.8 Å². The number of amides is 3.